The van der Waals surface area contributed by atoms with Crippen LogP contribution in [-0.4, -0.2) is 62.6 Å². The lowest BCUT2D eigenvalue weighted by Crippen LogP contribution is -2.52. The molecule has 0 spiro atoms. The van der Waals surface area contributed by atoms with E-state index in [2.05, 4.69) is 10.6 Å². The number of fused-ring (bicyclic) bond motifs is 1. The Hall–Kier alpha value is -3.97. The molecule has 1 aliphatic heterocycles. The van der Waals surface area contributed by atoms with E-state index >= 15 is 0 Å². The third-order valence-corrected chi connectivity index (χ3v) is 8.44. The number of aromatic nitrogens is 1. The minimum Gasteiger partial charge on any atom is -0.618 e. The fraction of sp³-hybridized carbons (Fsp3) is 0.407. The number of ether oxygens (including phenoxy) is 1. The fourth-order valence-electron chi connectivity index (χ4n) is 4.56. The number of furan rings is 1. The average molecular weight is 573 g/mol. The highest BCUT2D eigenvalue weighted by Gasteiger charge is 2.37. The number of hydrogen-bond donors (Lipinski definition) is 2. The second kappa shape index (κ2) is 12.0. The molecule has 2 atom stereocenters. The Morgan fingerprint density at radius 2 is 2.00 bits per heavy atom. The molecule has 1 fully saturated rings. The molecule has 1 unspecified atom stereocenters. The summed E-state index contributed by atoms with van der Waals surface area (Å²) in [6.07, 6.45) is 1.85. The number of benzene rings is 1. The van der Waals surface area contributed by atoms with Gasteiger partial charge in [-0.2, -0.15) is 9.04 Å². The summed E-state index contributed by atoms with van der Waals surface area (Å²) in [5.41, 5.74) is 0.484. The molecule has 214 valence electrons. The van der Waals surface area contributed by atoms with Crippen molar-refractivity contribution in [3.63, 3.8) is 0 Å². The van der Waals surface area contributed by atoms with Crippen molar-refractivity contribution >= 4 is 38.6 Å². The van der Waals surface area contributed by atoms with Gasteiger partial charge >= 0.3 is 15.0 Å². The normalized spacial score (nSPS) is 17.4. The number of ketones is 1. The highest BCUT2D eigenvalue weighted by atomic mass is 32.2. The summed E-state index contributed by atoms with van der Waals surface area (Å²) in [4.78, 5) is 39.3. The van der Waals surface area contributed by atoms with Crippen molar-refractivity contribution < 1.29 is 36.7 Å². The lowest BCUT2D eigenvalue weighted by Gasteiger charge is -2.23. The van der Waals surface area contributed by atoms with Crippen LogP contribution in [-0.2, 0) is 19.6 Å². The van der Waals surface area contributed by atoms with Crippen molar-refractivity contribution in [1.82, 2.24) is 14.9 Å². The van der Waals surface area contributed by atoms with Gasteiger partial charge in [-0.25, -0.2) is 8.42 Å². The SMILES string of the molecule is COc1ccc2oc(C(=O)N[C@@H](CC(C)C)C(=O)NC3CCCN(S(=O)(=O)c4cccc[n+]4[O-])CC3=O)cc2c1. The van der Waals surface area contributed by atoms with Crippen molar-refractivity contribution in [2.75, 3.05) is 20.2 Å². The summed E-state index contributed by atoms with van der Waals surface area (Å²) < 4.78 is 38.1. The van der Waals surface area contributed by atoms with Crippen LogP contribution in [0, 0.1) is 11.1 Å². The highest BCUT2D eigenvalue weighted by Crippen LogP contribution is 2.24. The number of carbonyl (C=O) groups is 3. The van der Waals surface area contributed by atoms with Gasteiger partial charge in [0.25, 0.3) is 5.91 Å². The number of hydrogen-bond acceptors (Lipinski definition) is 8. The van der Waals surface area contributed by atoms with Crippen LogP contribution in [0.1, 0.15) is 43.7 Å². The van der Waals surface area contributed by atoms with E-state index in [1.807, 2.05) is 13.8 Å². The molecule has 4 rings (SSSR count). The van der Waals surface area contributed by atoms with E-state index in [-0.39, 0.29) is 35.8 Å². The van der Waals surface area contributed by atoms with Crippen LogP contribution in [0.5, 0.6) is 5.75 Å². The van der Waals surface area contributed by atoms with Gasteiger partial charge in [0.1, 0.15) is 17.4 Å². The van der Waals surface area contributed by atoms with Gasteiger partial charge in [-0.3, -0.25) is 14.4 Å². The fourth-order valence-corrected chi connectivity index (χ4v) is 6.03. The third-order valence-electron chi connectivity index (χ3n) is 6.61. The van der Waals surface area contributed by atoms with E-state index in [1.54, 1.807) is 24.3 Å². The van der Waals surface area contributed by atoms with Gasteiger partial charge < -0.3 is 25.0 Å². The number of carbonyl (C=O) groups excluding carboxylic acids is 3. The Kier molecular flexibility index (Phi) is 8.74. The molecule has 0 saturated carbocycles. The summed E-state index contributed by atoms with van der Waals surface area (Å²) in [5.74, 6) is -1.00. The zero-order valence-electron chi connectivity index (χ0n) is 22.5. The molecule has 0 aliphatic carbocycles. The topological polar surface area (TPSA) is 162 Å². The van der Waals surface area contributed by atoms with E-state index in [1.165, 1.54) is 25.3 Å². The number of sulfonamides is 1. The number of methoxy groups -OCH3 is 1. The standard InChI is InChI=1S/C27H32N4O8S/c1-17(2)13-21(29-27(34)24-15-18-14-19(38-3)9-10-23(18)39-24)26(33)28-20-7-6-11-30(16-22(20)32)40(36,37)25-8-4-5-12-31(25)35/h4-5,8-10,12,14-15,17,20-21H,6-7,11,13,16H2,1-3H3,(H,28,33)(H,29,34)/t20?,21-/m0/s1. The molecule has 13 heteroatoms. The maximum absolute atomic E-state index is 13.3. The Morgan fingerprint density at radius 3 is 2.70 bits per heavy atom. The van der Waals surface area contributed by atoms with E-state index in [0.717, 1.165) is 10.5 Å². The average Bonchev–Trinajstić information content (AvgIpc) is 3.25. The van der Waals surface area contributed by atoms with Gasteiger partial charge in [0, 0.05) is 24.1 Å². The quantitative estimate of drug-likeness (QED) is 0.290. The highest BCUT2D eigenvalue weighted by molar-refractivity contribution is 7.89. The van der Waals surface area contributed by atoms with Crippen molar-refractivity contribution in [3.8, 4) is 5.75 Å². The summed E-state index contributed by atoms with van der Waals surface area (Å²) in [7, 11) is -2.69. The summed E-state index contributed by atoms with van der Waals surface area (Å²) >= 11 is 0. The molecule has 1 saturated heterocycles. The predicted molar refractivity (Wildman–Crippen MR) is 144 cm³/mol. The van der Waals surface area contributed by atoms with Crippen molar-refractivity contribution in [3.05, 3.63) is 59.6 Å². The number of rotatable bonds is 9. The molecule has 1 aromatic carbocycles. The summed E-state index contributed by atoms with van der Waals surface area (Å²) in [6.45, 7) is 3.31. The molecule has 0 bridgehead atoms. The monoisotopic (exact) mass is 572 g/mol. The molecular formula is C27H32N4O8S. The number of amides is 2. The zero-order valence-corrected chi connectivity index (χ0v) is 23.3. The Morgan fingerprint density at radius 1 is 1.23 bits per heavy atom. The maximum atomic E-state index is 13.3. The lowest BCUT2D eigenvalue weighted by atomic mass is 10.0. The third kappa shape index (κ3) is 6.42. The Labute approximate surface area is 231 Å². The van der Waals surface area contributed by atoms with Gasteiger partial charge in [-0.15, -0.1) is 0 Å². The number of nitrogens with one attached hydrogen (secondary N) is 2. The molecule has 0 radical (unpaired) electrons. The van der Waals surface area contributed by atoms with Crippen LogP contribution >= 0.6 is 0 Å². The van der Waals surface area contributed by atoms with E-state index in [4.69, 9.17) is 9.15 Å². The molecule has 12 nitrogen and oxygen atoms in total. The van der Waals surface area contributed by atoms with E-state index < -0.39 is 51.3 Å². The van der Waals surface area contributed by atoms with Gasteiger partial charge in [0.2, 0.25) is 5.91 Å². The Bertz CT molecular complexity index is 1520. The minimum atomic E-state index is -4.22. The lowest BCUT2D eigenvalue weighted by molar-refractivity contribution is -0.646. The van der Waals surface area contributed by atoms with Crippen LogP contribution in [0.2, 0.25) is 0 Å². The van der Waals surface area contributed by atoms with Crippen LogP contribution in [0.15, 0.2) is 58.1 Å². The van der Waals surface area contributed by atoms with E-state index in [9.17, 15) is 28.0 Å². The second-order valence-corrected chi connectivity index (χ2v) is 11.9. The minimum absolute atomic E-state index is 0.0122. The van der Waals surface area contributed by atoms with Gasteiger partial charge in [-0.05, 0) is 55.5 Å². The summed E-state index contributed by atoms with van der Waals surface area (Å²) in [5, 5.41) is 17.6. The van der Waals surface area contributed by atoms with Crippen molar-refractivity contribution in [2.45, 2.75) is 50.2 Å². The first-order valence-electron chi connectivity index (χ1n) is 12.9. The summed E-state index contributed by atoms with van der Waals surface area (Å²) in [6, 6.07) is 8.76. The van der Waals surface area contributed by atoms with Crippen LogP contribution in [0.25, 0.3) is 11.0 Å². The molecule has 3 aromatic rings. The molecule has 2 amide bonds. The van der Waals surface area contributed by atoms with Gasteiger partial charge in [0.05, 0.1) is 19.7 Å². The van der Waals surface area contributed by atoms with Gasteiger partial charge in [-0.1, -0.05) is 13.8 Å². The predicted octanol–water partition coefficient (Wildman–Crippen LogP) is 1.76. The van der Waals surface area contributed by atoms with E-state index in [0.29, 0.717) is 23.1 Å². The first-order chi connectivity index (χ1) is 19.0. The second-order valence-electron chi connectivity index (χ2n) is 10.0. The first-order valence-corrected chi connectivity index (χ1v) is 14.3. The maximum Gasteiger partial charge on any atom is 0.323 e. The van der Waals surface area contributed by atoms with Crippen LogP contribution in [0.3, 0.4) is 0 Å². The Balaban J connectivity index is 1.45. The van der Waals surface area contributed by atoms with Crippen LogP contribution < -0.4 is 20.1 Å². The number of nitrogens with zero attached hydrogens (tertiary/aromatic N) is 2. The van der Waals surface area contributed by atoms with Gasteiger partial charge in [0.15, 0.2) is 17.7 Å². The molecule has 2 aromatic heterocycles. The molecule has 2 N–H and O–H groups in total. The first kappa shape index (κ1) is 29.0. The van der Waals surface area contributed by atoms with Crippen molar-refractivity contribution in [1.29, 1.82) is 0 Å². The molecule has 40 heavy (non-hydrogen) atoms. The number of Topliss-reactive ketones (excluding diaryl/α,β-unsaturated/α-hetero) is 1. The van der Waals surface area contributed by atoms with Crippen molar-refractivity contribution in [2.24, 2.45) is 5.92 Å². The molecule has 3 heterocycles. The number of pyridine rings is 1. The smallest absolute Gasteiger partial charge is 0.323 e. The molecule has 1 aliphatic rings. The zero-order chi connectivity index (χ0) is 29.0. The largest absolute Gasteiger partial charge is 0.618 e. The van der Waals surface area contributed by atoms with Crippen LogP contribution in [0.4, 0.5) is 0 Å². The molecular weight excluding hydrogens is 540 g/mol.